The minimum absolute atomic E-state index is 0.0193. The molecule has 0 atom stereocenters. The Morgan fingerprint density at radius 3 is 2.13 bits per heavy atom. The zero-order chi connectivity index (χ0) is 31.2. The molecule has 222 valence electrons. The summed E-state index contributed by atoms with van der Waals surface area (Å²) < 4.78 is 2.48. The van der Waals surface area contributed by atoms with Gasteiger partial charge in [-0.2, -0.15) is 0 Å². The van der Waals surface area contributed by atoms with Crippen molar-refractivity contribution in [1.82, 2.24) is 9.55 Å². The van der Waals surface area contributed by atoms with E-state index in [0.29, 0.717) is 0 Å². The molecule has 46 heavy (non-hydrogen) atoms. The highest BCUT2D eigenvalue weighted by Gasteiger charge is 2.38. The lowest BCUT2D eigenvalue weighted by molar-refractivity contribution is 0.658. The van der Waals surface area contributed by atoms with Gasteiger partial charge in [-0.3, -0.25) is 0 Å². The van der Waals surface area contributed by atoms with Gasteiger partial charge in [0.25, 0.3) is 0 Å². The molecule has 0 amide bonds. The fourth-order valence-corrected chi connectivity index (χ4v) is 8.26. The molecule has 9 rings (SSSR count). The highest BCUT2D eigenvalue weighted by molar-refractivity contribution is 6.21. The Hall–Kier alpha value is -5.34. The van der Waals surface area contributed by atoms with Crippen molar-refractivity contribution in [3.8, 4) is 16.8 Å². The normalized spacial score (nSPS) is 16.2. The molecule has 0 bridgehead atoms. The number of hydrogen-bond donors (Lipinski definition) is 1. The van der Waals surface area contributed by atoms with Crippen LogP contribution in [0.5, 0.6) is 0 Å². The second-order valence-corrected chi connectivity index (χ2v) is 13.2. The summed E-state index contributed by atoms with van der Waals surface area (Å²) in [5.74, 6) is 0. The summed E-state index contributed by atoms with van der Waals surface area (Å²) in [7, 11) is 0. The van der Waals surface area contributed by atoms with Gasteiger partial charge in [0, 0.05) is 49.1 Å². The molecule has 0 spiro atoms. The van der Waals surface area contributed by atoms with Crippen molar-refractivity contribution in [3.63, 3.8) is 0 Å². The van der Waals surface area contributed by atoms with Crippen LogP contribution in [-0.4, -0.2) is 9.55 Å². The summed E-state index contributed by atoms with van der Waals surface area (Å²) in [5, 5.41) is 7.74. The van der Waals surface area contributed by atoms with Gasteiger partial charge < -0.3 is 9.55 Å². The van der Waals surface area contributed by atoms with Crippen LogP contribution in [0.2, 0.25) is 0 Å². The number of para-hydroxylation sites is 2. The van der Waals surface area contributed by atoms with Gasteiger partial charge in [0.2, 0.25) is 0 Å². The fraction of sp³-hybridized carbons (Fsp3) is 0.136. The Balaban J connectivity index is 1.26. The molecule has 0 saturated heterocycles. The molecule has 0 aliphatic heterocycles. The van der Waals surface area contributed by atoms with E-state index in [1.807, 2.05) is 0 Å². The molecule has 2 heterocycles. The number of rotatable bonds is 3. The Kier molecular flexibility index (Phi) is 5.77. The molecule has 1 N–H and O–H groups in total. The Labute approximate surface area is 269 Å². The molecule has 2 heteroatoms. The van der Waals surface area contributed by atoms with Crippen molar-refractivity contribution >= 4 is 60.0 Å². The van der Waals surface area contributed by atoms with E-state index in [-0.39, 0.29) is 5.41 Å². The van der Waals surface area contributed by atoms with Crippen molar-refractivity contribution in [2.24, 2.45) is 0 Å². The molecular formula is C44H36N2. The minimum Gasteiger partial charge on any atom is -0.355 e. The molecule has 2 aromatic heterocycles. The Morgan fingerprint density at radius 1 is 0.652 bits per heavy atom. The lowest BCUT2D eigenvalue weighted by Gasteiger charge is -2.22. The maximum Gasteiger partial charge on any atom is 0.0619 e. The highest BCUT2D eigenvalue weighted by Crippen LogP contribution is 2.53. The number of allylic oxidation sites excluding steroid dienone is 4. The summed E-state index contributed by atoms with van der Waals surface area (Å²) in [6.45, 7) is 9.19. The molecule has 6 aromatic carbocycles. The number of hydrogen-bond acceptors (Lipinski definition) is 0. The zero-order valence-corrected chi connectivity index (χ0v) is 26.8. The van der Waals surface area contributed by atoms with Crippen LogP contribution in [-0.2, 0) is 5.41 Å². The van der Waals surface area contributed by atoms with Crippen LogP contribution >= 0.6 is 0 Å². The second-order valence-electron chi connectivity index (χ2n) is 13.2. The van der Waals surface area contributed by atoms with Crippen LogP contribution in [0.15, 0.2) is 133 Å². The Morgan fingerprint density at radius 2 is 1.33 bits per heavy atom. The maximum absolute atomic E-state index is 3.56. The number of nitrogens with zero attached hydrogens (tertiary/aromatic N) is 1. The smallest absolute Gasteiger partial charge is 0.0619 e. The van der Waals surface area contributed by atoms with E-state index in [4.69, 9.17) is 0 Å². The molecule has 1 aliphatic rings. The standard InChI is InChI=1S/C44H36N2/c1-5-11-37-30(6-2)42-33-21-22-34-32-13-8-10-15-41(32)46(43(34)35(33)23-24-38(42)44(37,3)4)29-19-16-27(17-20-29)28-18-25-40-36(26-28)31-12-7-9-14-39(31)45-40/h6-26,45H,5H2,1-4H3/b30-6+,37-11+. The topological polar surface area (TPSA) is 20.7 Å². The SMILES string of the molecule is C/C=C1\C(=C/CC)C(C)(C)c2ccc3c(ccc4c5ccccc5n(-c5ccc(-c6ccc7[nH]c8ccccc8c7c6)cc5)c34)c21. The van der Waals surface area contributed by atoms with Crippen LogP contribution in [0.1, 0.15) is 45.2 Å². The first-order valence-electron chi connectivity index (χ1n) is 16.5. The van der Waals surface area contributed by atoms with Crippen molar-refractivity contribution in [3.05, 3.63) is 144 Å². The highest BCUT2D eigenvalue weighted by atomic mass is 15.0. The van der Waals surface area contributed by atoms with Gasteiger partial charge in [-0.05, 0) is 88.5 Å². The van der Waals surface area contributed by atoms with E-state index in [1.165, 1.54) is 93.5 Å². The minimum atomic E-state index is -0.0193. The third-order valence-electron chi connectivity index (χ3n) is 10.4. The van der Waals surface area contributed by atoms with E-state index in [2.05, 4.69) is 165 Å². The van der Waals surface area contributed by atoms with Gasteiger partial charge in [-0.15, -0.1) is 0 Å². The van der Waals surface area contributed by atoms with Crippen molar-refractivity contribution in [2.75, 3.05) is 0 Å². The molecular weight excluding hydrogens is 556 g/mol. The average molecular weight is 593 g/mol. The van der Waals surface area contributed by atoms with Gasteiger partial charge in [0.15, 0.2) is 0 Å². The lowest BCUT2D eigenvalue weighted by atomic mass is 9.81. The van der Waals surface area contributed by atoms with Gasteiger partial charge >= 0.3 is 0 Å². The fourth-order valence-electron chi connectivity index (χ4n) is 8.26. The van der Waals surface area contributed by atoms with Gasteiger partial charge in [-0.1, -0.05) is 112 Å². The summed E-state index contributed by atoms with van der Waals surface area (Å²) in [6, 6.07) is 42.7. The predicted octanol–water partition coefficient (Wildman–Crippen LogP) is 12.3. The van der Waals surface area contributed by atoms with Gasteiger partial charge in [-0.25, -0.2) is 0 Å². The monoisotopic (exact) mass is 592 g/mol. The van der Waals surface area contributed by atoms with Crippen LogP contribution in [0.3, 0.4) is 0 Å². The summed E-state index contributed by atoms with van der Waals surface area (Å²) in [5.41, 5.74) is 14.1. The first-order valence-corrected chi connectivity index (χ1v) is 16.5. The third-order valence-corrected chi connectivity index (χ3v) is 10.4. The molecule has 0 unspecified atom stereocenters. The first kappa shape index (κ1) is 27.0. The first-order chi connectivity index (χ1) is 22.5. The van der Waals surface area contributed by atoms with Crippen LogP contribution in [0.25, 0.3) is 76.8 Å². The Bertz CT molecular complexity index is 2580. The van der Waals surface area contributed by atoms with E-state index in [0.717, 1.165) is 6.42 Å². The molecule has 2 nitrogen and oxygen atoms in total. The lowest BCUT2D eigenvalue weighted by Crippen LogP contribution is -2.15. The summed E-state index contributed by atoms with van der Waals surface area (Å²) >= 11 is 0. The van der Waals surface area contributed by atoms with E-state index >= 15 is 0 Å². The van der Waals surface area contributed by atoms with E-state index in [9.17, 15) is 0 Å². The van der Waals surface area contributed by atoms with Gasteiger partial charge in [0.05, 0.1) is 11.0 Å². The molecule has 8 aromatic rings. The number of nitrogens with one attached hydrogen (secondary N) is 1. The van der Waals surface area contributed by atoms with Crippen molar-refractivity contribution in [2.45, 2.75) is 39.5 Å². The van der Waals surface area contributed by atoms with Crippen LogP contribution < -0.4 is 0 Å². The molecule has 1 aliphatic carbocycles. The largest absolute Gasteiger partial charge is 0.355 e. The number of fused-ring (bicyclic) bond motifs is 10. The average Bonchev–Trinajstić information content (AvgIpc) is 3.70. The van der Waals surface area contributed by atoms with Crippen LogP contribution in [0.4, 0.5) is 0 Å². The van der Waals surface area contributed by atoms with E-state index in [1.54, 1.807) is 0 Å². The molecule has 0 radical (unpaired) electrons. The number of benzene rings is 6. The number of aromatic amines is 1. The van der Waals surface area contributed by atoms with Crippen molar-refractivity contribution in [1.29, 1.82) is 0 Å². The second kappa shape index (κ2) is 9.83. The summed E-state index contributed by atoms with van der Waals surface area (Å²) in [4.78, 5) is 3.56. The van der Waals surface area contributed by atoms with Gasteiger partial charge in [0.1, 0.15) is 0 Å². The maximum atomic E-state index is 3.56. The number of aromatic nitrogens is 2. The van der Waals surface area contributed by atoms with Crippen LogP contribution in [0, 0.1) is 0 Å². The van der Waals surface area contributed by atoms with E-state index < -0.39 is 0 Å². The zero-order valence-electron chi connectivity index (χ0n) is 26.8. The van der Waals surface area contributed by atoms with Crippen molar-refractivity contribution < 1.29 is 0 Å². The predicted molar refractivity (Wildman–Crippen MR) is 198 cm³/mol. The quantitative estimate of drug-likeness (QED) is 0.211. The molecule has 0 saturated carbocycles. The summed E-state index contributed by atoms with van der Waals surface area (Å²) in [6.07, 6.45) is 5.78. The third kappa shape index (κ3) is 3.64. The number of H-pyrrole nitrogens is 1. The molecule has 0 fully saturated rings.